The topological polar surface area (TPSA) is 49.7 Å². The third-order valence-electron chi connectivity index (χ3n) is 5.04. The highest BCUT2D eigenvalue weighted by atomic mass is 16.4. The highest BCUT2D eigenvalue weighted by Gasteiger charge is 2.11. The van der Waals surface area contributed by atoms with Crippen LogP contribution in [0.25, 0.3) is 32.3 Å². The van der Waals surface area contributed by atoms with Crippen LogP contribution in [-0.4, -0.2) is 17.3 Å². The molecule has 3 heteroatoms. The molecule has 0 aliphatic rings. The van der Waals surface area contributed by atoms with E-state index in [9.17, 15) is 9.90 Å². The average molecular weight is 349 g/mol. The molecule has 5 aromatic carbocycles. The molecule has 0 aliphatic carbocycles. The van der Waals surface area contributed by atoms with Crippen molar-refractivity contribution in [1.29, 1.82) is 0 Å². The van der Waals surface area contributed by atoms with Crippen LogP contribution < -0.4 is 0 Å². The first-order valence-corrected chi connectivity index (χ1v) is 8.75. The third kappa shape index (κ3) is 2.44. The zero-order valence-corrected chi connectivity index (χ0v) is 14.4. The van der Waals surface area contributed by atoms with Gasteiger partial charge in [-0.05, 0) is 44.5 Å². The minimum absolute atomic E-state index is 0.200. The van der Waals surface area contributed by atoms with Crippen LogP contribution in [0, 0.1) is 0 Å². The first-order chi connectivity index (χ1) is 13.2. The van der Waals surface area contributed by atoms with Gasteiger partial charge in [0, 0.05) is 11.8 Å². The monoisotopic (exact) mass is 349 g/mol. The van der Waals surface area contributed by atoms with Crippen LogP contribution >= 0.6 is 0 Å². The molecule has 3 nitrogen and oxygen atoms in total. The Bertz CT molecular complexity index is 1340. The largest absolute Gasteiger partial charge is 0.478 e. The molecule has 128 valence electrons. The minimum Gasteiger partial charge on any atom is -0.478 e. The second kappa shape index (κ2) is 5.92. The van der Waals surface area contributed by atoms with Crippen molar-refractivity contribution in [2.24, 2.45) is 4.99 Å². The Morgan fingerprint density at radius 3 is 2.19 bits per heavy atom. The van der Waals surface area contributed by atoms with Crippen LogP contribution in [0.5, 0.6) is 0 Å². The van der Waals surface area contributed by atoms with Gasteiger partial charge >= 0.3 is 5.97 Å². The number of benzene rings is 5. The lowest BCUT2D eigenvalue weighted by molar-refractivity contribution is 0.0698. The van der Waals surface area contributed by atoms with Crippen molar-refractivity contribution < 1.29 is 9.90 Å². The predicted octanol–water partition coefficient (Wildman–Crippen LogP) is 6.03. The Kier molecular flexibility index (Phi) is 3.41. The molecule has 0 bridgehead atoms. The molecular formula is C24H15NO2. The molecular weight excluding hydrogens is 334 g/mol. The van der Waals surface area contributed by atoms with Crippen molar-refractivity contribution in [3.63, 3.8) is 0 Å². The number of rotatable bonds is 3. The third-order valence-corrected chi connectivity index (χ3v) is 5.04. The fraction of sp³-hybridized carbons (Fsp3) is 0. The average Bonchev–Trinajstić information content (AvgIpc) is 2.71. The van der Waals surface area contributed by atoms with Gasteiger partial charge in [-0.1, -0.05) is 66.7 Å². The quantitative estimate of drug-likeness (QED) is 0.319. The van der Waals surface area contributed by atoms with Crippen molar-refractivity contribution in [3.8, 4) is 0 Å². The highest BCUT2D eigenvalue weighted by Crippen LogP contribution is 2.35. The lowest BCUT2D eigenvalue weighted by atomic mass is 9.92. The smallest absolute Gasteiger partial charge is 0.337 e. The van der Waals surface area contributed by atoms with E-state index in [4.69, 9.17) is 0 Å². The Morgan fingerprint density at radius 1 is 0.741 bits per heavy atom. The predicted molar refractivity (Wildman–Crippen MR) is 111 cm³/mol. The molecule has 0 amide bonds. The van der Waals surface area contributed by atoms with Gasteiger partial charge in [0.1, 0.15) is 0 Å². The fourth-order valence-electron chi connectivity index (χ4n) is 3.78. The van der Waals surface area contributed by atoms with Gasteiger partial charge < -0.3 is 5.11 Å². The van der Waals surface area contributed by atoms with Crippen LogP contribution in [0.2, 0.25) is 0 Å². The Balaban J connectivity index is 1.74. The lowest BCUT2D eigenvalue weighted by Gasteiger charge is -2.12. The number of hydrogen-bond donors (Lipinski definition) is 1. The van der Waals surface area contributed by atoms with E-state index in [-0.39, 0.29) is 5.56 Å². The molecule has 27 heavy (non-hydrogen) atoms. The molecule has 0 radical (unpaired) electrons. The number of hydrogen-bond acceptors (Lipinski definition) is 2. The van der Waals surface area contributed by atoms with Crippen LogP contribution in [0.4, 0.5) is 5.69 Å². The zero-order valence-electron chi connectivity index (χ0n) is 14.4. The van der Waals surface area contributed by atoms with Gasteiger partial charge in [0.05, 0.1) is 11.3 Å². The number of carboxylic acid groups (broad SMARTS) is 1. The van der Waals surface area contributed by atoms with E-state index in [0.717, 1.165) is 10.9 Å². The van der Waals surface area contributed by atoms with Gasteiger partial charge in [0.15, 0.2) is 0 Å². The van der Waals surface area contributed by atoms with Gasteiger partial charge in [-0.3, -0.25) is 4.99 Å². The number of nitrogens with zero attached hydrogens (tertiary/aromatic N) is 1. The SMILES string of the molecule is O=C(O)c1ccccc1N=Cc1ccc2ccc3cccc4ccc1c2c34. The second-order valence-electron chi connectivity index (χ2n) is 6.59. The van der Waals surface area contributed by atoms with E-state index in [1.807, 2.05) is 6.07 Å². The fourth-order valence-corrected chi connectivity index (χ4v) is 3.78. The van der Waals surface area contributed by atoms with E-state index in [1.54, 1.807) is 30.5 Å². The summed E-state index contributed by atoms with van der Waals surface area (Å²) in [5.41, 5.74) is 1.63. The summed E-state index contributed by atoms with van der Waals surface area (Å²) < 4.78 is 0. The lowest BCUT2D eigenvalue weighted by Crippen LogP contribution is -1.96. The Labute approximate surface area is 155 Å². The number of carboxylic acids is 1. The molecule has 5 aromatic rings. The molecule has 0 saturated heterocycles. The maximum Gasteiger partial charge on any atom is 0.337 e. The van der Waals surface area contributed by atoms with Gasteiger partial charge in [-0.2, -0.15) is 0 Å². The van der Waals surface area contributed by atoms with E-state index < -0.39 is 5.97 Å². The molecule has 0 spiro atoms. The van der Waals surface area contributed by atoms with Gasteiger partial charge in [-0.15, -0.1) is 0 Å². The van der Waals surface area contributed by atoms with Gasteiger partial charge in [-0.25, -0.2) is 4.79 Å². The standard InChI is InChI=1S/C24H15NO2/c26-24(27)20-6-1-2-7-21(20)25-14-18-11-10-17-9-8-15-4-3-5-16-12-13-19(18)23(17)22(15)16/h1-14H,(H,26,27). The number of carbonyl (C=O) groups is 1. The van der Waals surface area contributed by atoms with Crippen LogP contribution in [-0.2, 0) is 0 Å². The first kappa shape index (κ1) is 15.5. The first-order valence-electron chi connectivity index (χ1n) is 8.75. The minimum atomic E-state index is -0.974. The number of aliphatic imine (C=N–C) groups is 1. The van der Waals surface area contributed by atoms with Crippen molar-refractivity contribution >= 4 is 50.2 Å². The summed E-state index contributed by atoms with van der Waals surface area (Å²) in [6.07, 6.45) is 1.76. The summed E-state index contributed by atoms with van der Waals surface area (Å²) in [6, 6.07) is 25.8. The normalized spacial score (nSPS) is 11.9. The van der Waals surface area contributed by atoms with Gasteiger partial charge in [0.25, 0.3) is 0 Å². The summed E-state index contributed by atoms with van der Waals surface area (Å²) in [4.78, 5) is 15.9. The molecule has 0 atom stereocenters. The van der Waals surface area contributed by atoms with E-state index >= 15 is 0 Å². The molecule has 1 N–H and O–H groups in total. The van der Waals surface area contributed by atoms with Crippen LogP contribution in [0.15, 0.2) is 83.9 Å². The molecule has 0 aliphatic heterocycles. The highest BCUT2D eigenvalue weighted by molar-refractivity contribution is 6.25. The van der Waals surface area contributed by atoms with E-state index in [0.29, 0.717) is 5.69 Å². The summed E-state index contributed by atoms with van der Waals surface area (Å²) in [6.45, 7) is 0. The maximum absolute atomic E-state index is 11.4. The van der Waals surface area contributed by atoms with Crippen LogP contribution in [0.3, 0.4) is 0 Å². The molecule has 0 heterocycles. The molecule has 5 rings (SSSR count). The zero-order chi connectivity index (χ0) is 18.4. The van der Waals surface area contributed by atoms with Crippen molar-refractivity contribution in [1.82, 2.24) is 0 Å². The van der Waals surface area contributed by atoms with Crippen molar-refractivity contribution in [2.45, 2.75) is 0 Å². The van der Waals surface area contributed by atoms with E-state index in [1.165, 1.54) is 26.9 Å². The Hall–Kier alpha value is -3.72. The second-order valence-corrected chi connectivity index (χ2v) is 6.59. The van der Waals surface area contributed by atoms with Gasteiger partial charge in [0.2, 0.25) is 0 Å². The summed E-state index contributed by atoms with van der Waals surface area (Å²) in [5, 5.41) is 16.6. The summed E-state index contributed by atoms with van der Waals surface area (Å²) in [7, 11) is 0. The molecule has 0 saturated carbocycles. The molecule has 0 fully saturated rings. The summed E-state index contributed by atoms with van der Waals surface area (Å²) in [5.74, 6) is -0.974. The van der Waals surface area contributed by atoms with Crippen LogP contribution in [0.1, 0.15) is 15.9 Å². The maximum atomic E-state index is 11.4. The summed E-state index contributed by atoms with van der Waals surface area (Å²) >= 11 is 0. The van der Waals surface area contributed by atoms with Crippen molar-refractivity contribution in [3.05, 3.63) is 90.0 Å². The Morgan fingerprint density at radius 2 is 1.41 bits per heavy atom. The number of aromatic carboxylic acids is 1. The van der Waals surface area contributed by atoms with Crippen molar-refractivity contribution in [2.75, 3.05) is 0 Å². The molecule has 0 aromatic heterocycles. The number of para-hydroxylation sites is 1. The van der Waals surface area contributed by atoms with E-state index in [2.05, 4.69) is 53.5 Å². The molecule has 0 unspecified atom stereocenters.